The number of fused-ring (bicyclic) bond motifs is 1. The summed E-state index contributed by atoms with van der Waals surface area (Å²) in [6.07, 6.45) is 0. The molecule has 2 aromatic carbocycles. The van der Waals surface area contributed by atoms with Gasteiger partial charge in [0.2, 0.25) is 0 Å². The third kappa shape index (κ3) is 3.16. The van der Waals surface area contributed by atoms with Gasteiger partial charge in [0.25, 0.3) is 5.91 Å². The molecule has 122 valence electrons. The molecule has 0 radical (unpaired) electrons. The molecule has 0 aliphatic rings. The fourth-order valence-corrected chi connectivity index (χ4v) is 2.97. The first-order valence-corrected chi connectivity index (χ1v) is 8.13. The zero-order valence-electron chi connectivity index (χ0n) is 14.6. The highest BCUT2D eigenvalue weighted by atomic mass is 16.2. The number of hydrogen-bond acceptors (Lipinski definition) is 2. The lowest BCUT2D eigenvalue weighted by Gasteiger charge is -2.20. The summed E-state index contributed by atoms with van der Waals surface area (Å²) in [5.74, 6) is 0.0272. The first-order valence-electron chi connectivity index (χ1n) is 8.13. The molecule has 0 atom stereocenters. The van der Waals surface area contributed by atoms with Crippen LogP contribution in [0.1, 0.15) is 32.7 Å². The summed E-state index contributed by atoms with van der Waals surface area (Å²) in [5.41, 5.74) is 5.94. The molecule has 0 bridgehead atoms. The maximum atomic E-state index is 13.0. The number of pyridine rings is 1. The van der Waals surface area contributed by atoms with E-state index in [2.05, 4.69) is 24.0 Å². The van der Waals surface area contributed by atoms with Crippen molar-refractivity contribution in [2.45, 2.75) is 27.3 Å². The van der Waals surface area contributed by atoms with E-state index >= 15 is 0 Å². The van der Waals surface area contributed by atoms with Crippen LogP contribution in [0.3, 0.4) is 0 Å². The predicted octanol–water partition coefficient (Wildman–Crippen LogP) is 4.43. The van der Waals surface area contributed by atoms with Gasteiger partial charge in [-0.05, 0) is 50.1 Å². The minimum Gasteiger partial charge on any atom is -0.337 e. The second kappa shape index (κ2) is 6.44. The van der Waals surface area contributed by atoms with Gasteiger partial charge < -0.3 is 4.90 Å². The highest BCUT2D eigenvalue weighted by Gasteiger charge is 2.17. The van der Waals surface area contributed by atoms with Crippen molar-refractivity contribution in [3.8, 4) is 0 Å². The second-order valence-electron chi connectivity index (χ2n) is 6.42. The maximum absolute atomic E-state index is 13.0. The molecule has 0 spiro atoms. The van der Waals surface area contributed by atoms with E-state index in [9.17, 15) is 4.79 Å². The standard InChI is InChI=1S/C21H22N2O/c1-14-9-10-20-18(11-14)19(12-16(3)22-20)21(24)23(4)13-17-8-6-5-7-15(17)2/h5-12H,13H2,1-4H3. The average molecular weight is 318 g/mol. The average Bonchev–Trinajstić information content (AvgIpc) is 2.56. The van der Waals surface area contributed by atoms with Gasteiger partial charge in [-0.2, -0.15) is 0 Å². The Morgan fingerprint density at radius 2 is 1.79 bits per heavy atom. The highest BCUT2D eigenvalue weighted by molar-refractivity contribution is 6.06. The first-order chi connectivity index (χ1) is 11.5. The van der Waals surface area contributed by atoms with Crippen molar-refractivity contribution in [2.24, 2.45) is 0 Å². The van der Waals surface area contributed by atoms with E-state index in [1.807, 2.05) is 57.3 Å². The lowest BCUT2D eigenvalue weighted by Crippen LogP contribution is -2.27. The van der Waals surface area contributed by atoms with Crippen LogP contribution in [-0.4, -0.2) is 22.8 Å². The van der Waals surface area contributed by atoms with Crippen LogP contribution in [0.25, 0.3) is 10.9 Å². The van der Waals surface area contributed by atoms with Gasteiger partial charge in [-0.15, -0.1) is 0 Å². The first kappa shape index (κ1) is 16.2. The number of benzene rings is 2. The lowest BCUT2D eigenvalue weighted by molar-refractivity contribution is 0.0786. The van der Waals surface area contributed by atoms with Gasteiger partial charge in [0.1, 0.15) is 0 Å². The maximum Gasteiger partial charge on any atom is 0.254 e. The van der Waals surface area contributed by atoms with Crippen LogP contribution < -0.4 is 0 Å². The molecule has 0 saturated heterocycles. The van der Waals surface area contributed by atoms with E-state index < -0.39 is 0 Å². The van der Waals surface area contributed by atoms with E-state index in [0.717, 1.165) is 27.7 Å². The lowest BCUT2D eigenvalue weighted by atomic mass is 10.0. The van der Waals surface area contributed by atoms with Crippen LogP contribution in [0.5, 0.6) is 0 Å². The van der Waals surface area contributed by atoms with Gasteiger partial charge >= 0.3 is 0 Å². The molecule has 0 unspecified atom stereocenters. The number of carbonyl (C=O) groups is 1. The van der Waals surface area contributed by atoms with Crippen LogP contribution in [0.2, 0.25) is 0 Å². The number of rotatable bonds is 3. The van der Waals surface area contributed by atoms with Gasteiger partial charge in [0, 0.05) is 24.7 Å². The van der Waals surface area contributed by atoms with E-state index in [-0.39, 0.29) is 5.91 Å². The van der Waals surface area contributed by atoms with Crippen LogP contribution in [0.15, 0.2) is 48.5 Å². The highest BCUT2D eigenvalue weighted by Crippen LogP contribution is 2.22. The summed E-state index contributed by atoms with van der Waals surface area (Å²) in [4.78, 5) is 19.4. The molecule has 1 aromatic heterocycles. The van der Waals surface area contributed by atoms with E-state index in [0.29, 0.717) is 6.54 Å². The van der Waals surface area contributed by atoms with Crippen molar-refractivity contribution in [3.63, 3.8) is 0 Å². The summed E-state index contributed by atoms with van der Waals surface area (Å²) < 4.78 is 0. The SMILES string of the molecule is Cc1ccc2nc(C)cc(C(=O)N(C)Cc3ccccc3C)c2c1. The molecule has 3 nitrogen and oxygen atoms in total. The van der Waals surface area contributed by atoms with Crippen LogP contribution in [0, 0.1) is 20.8 Å². The quantitative estimate of drug-likeness (QED) is 0.715. The van der Waals surface area contributed by atoms with Gasteiger partial charge in [0.05, 0.1) is 11.1 Å². The second-order valence-corrected chi connectivity index (χ2v) is 6.42. The van der Waals surface area contributed by atoms with Crippen molar-refractivity contribution < 1.29 is 4.79 Å². The Bertz CT molecular complexity index is 915. The molecular formula is C21H22N2O. The molecule has 0 fully saturated rings. The molecule has 1 amide bonds. The molecule has 0 N–H and O–H groups in total. The van der Waals surface area contributed by atoms with Gasteiger partial charge in [-0.1, -0.05) is 35.9 Å². The number of hydrogen-bond donors (Lipinski definition) is 0. The minimum atomic E-state index is 0.0272. The van der Waals surface area contributed by atoms with Crippen molar-refractivity contribution in [1.82, 2.24) is 9.88 Å². The molecule has 3 aromatic rings. The fraction of sp³-hybridized carbons (Fsp3) is 0.238. The van der Waals surface area contributed by atoms with Crippen molar-refractivity contribution >= 4 is 16.8 Å². The van der Waals surface area contributed by atoms with Gasteiger partial charge in [-0.25, -0.2) is 0 Å². The number of aryl methyl sites for hydroxylation is 3. The Labute approximate surface area is 143 Å². The van der Waals surface area contributed by atoms with Gasteiger partial charge in [0.15, 0.2) is 0 Å². The predicted molar refractivity (Wildman–Crippen MR) is 98.2 cm³/mol. The van der Waals surface area contributed by atoms with Crippen LogP contribution in [-0.2, 0) is 6.54 Å². The summed E-state index contributed by atoms with van der Waals surface area (Å²) in [6.45, 7) is 6.63. The Kier molecular flexibility index (Phi) is 4.34. The zero-order valence-corrected chi connectivity index (χ0v) is 14.6. The number of nitrogens with zero attached hydrogens (tertiary/aromatic N) is 2. The Hall–Kier alpha value is -2.68. The van der Waals surface area contributed by atoms with E-state index in [4.69, 9.17) is 0 Å². The molecule has 3 rings (SSSR count). The molecular weight excluding hydrogens is 296 g/mol. The number of aromatic nitrogens is 1. The molecule has 3 heteroatoms. The Morgan fingerprint density at radius 1 is 1.04 bits per heavy atom. The molecule has 0 aliphatic heterocycles. The molecule has 0 saturated carbocycles. The summed E-state index contributed by atoms with van der Waals surface area (Å²) in [6, 6.07) is 16.1. The minimum absolute atomic E-state index is 0.0272. The Morgan fingerprint density at radius 3 is 2.54 bits per heavy atom. The zero-order chi connectivity index (χ0) is 17.3. The van der Waals surface area contributed by atoms with Crippen LogP contribution >= 0.6 is 0 Å². The molecule has 24 heavy (non-hydrogen) atoms. The number of amides is 1. The third-order valence-corrected chi connectivity index (χ3v) is 4.34. The topological polar surface area (TPSA) is 33.2 Å². The smallest absolute Gasteiger partial charge is 0.254 e. The summed E-state index contributed by atoms with van der Waals surface area (Å²) in [7, 11) is 1.85. The van der Waals surface area contributed by atoms with E-state index in [1.165, 1.54) is 11.1 Å². The summed E-state index contributed by atoms with van der Waals surface area (Å²) >= 11 is 0. The Balaban J connectivity index is 1.99. The van der Waals surface area contributed by atoms with Crippen molar-refractivity contribution in [3.05, 3.63) is 76.5 Å². The van der Waals surface area contributed by atoms with Gasteiger partial charge in [-0.3, -0.25) is 9.78 Å². The molecule has 0 aliphatic carbocycles. The number of carbonyl (C=O) groups excluding carboxylic acids is 1. The monoisotopic (exact) mass is 318 g/mol. The van der Waals surface area contributed by atoms with Crippen molar-refractivity contribution in [1.29, 1.82) is 0 Å². The largest absolute Gasteiger partial charge is 0.337 e. The summed E-state index contributed by atoms with van der Waals surface area (Å²) in [5, 5.41) is 0.919. The normalized spacial score (nSPS) is 10.8. The van der Waals surface area contributed by atoms with Crippen LogP contribution in [0.4, 0.5) is 0 Å². The third-order valence-electron chi connectivity index (χ3n) is 4.34. The van der Waals surface area contributed by atoms with E-state index in [1.54, 1.807) is 4.90 Å². The molecule has 1 heterocycles. The fourth-order valence-electron chi connectivity index (χ4n) is 2.97. The van der Waals surface area contributed by atoms with Crippen molar-refractivity contribution in [2.75, 3.05) is 7.05 Å².